The summed E-state index contributed by atoms with van der Waals surface area (Å²) >= 11 is 0. The average Bonchev–Trinajstić information content (AvgIpc) is 4.03. The molecular formula is C59H35N5O. The number of fused-ring (bicyclic) bond motifs is 11. The van der Waals surface area contributed by atoms with Gasteiger partial charge in [0.15, 0.2) is 17.5 Å². The number of para-hydroxylation sites is 4. The van der Waals surface area contributed by atoms with Gasteiger partial charge >= 0.3 is 0 Å². The third-order valence-electron chi connectivity index (χ3n) is 13.1. The second kappa shape index (κ2) is 13.8. The molecule has 6 nitrogen and oxygen atoms in total. The van der Waals surface area contributed by atoms with Crippen LogP contribution in [0.3, 0.4) is 0 Å². The Hall–Kier alpha value is -8.87. The van der Waals surface area contributed by atoms with Gasteiger partial charge < -0.3 is 13.6 Å². The maximum absolute atomic E-state index is 6.67. The van der Waals surface area contributed by atoms with Crippen LogP contribution in [0.25, 0.3) is 133 Å². The highest BCUT2D eigenvalue weighted by atomic mass is 16.3. The molecule has 14 aromatic rings. The van der Waals surface area contributed by atoms with E-state index in [0.717, 1.165) is 93.6 Å². The minimum atomic E-state index is 0.565. The van der Waals surface area contributed by atoms with Gasteiger partial charge in [-0.25, -0.2) is 15.0 Å². The number of rotatable bonds is 5. The summed E-state index contributed by atoms with van der Waals surface area (Å²) in [6.45, 7) is 0. The number of furan rings is 1. The van der Waals surface area contributed by atoms with Crippen LogP contribution in [0, 0.1) is 0 Å². The molecule has 0 spiro atoms. The van der Waals surface area contributed by atoms with Crippen molar-refractivity contribution in [3.05, 3.63) is 212 Å². The van der Waals surface area contributed by atoms with Gasteiger partial charge in [0.25, 0.3) is 0 Å². The quantitative estimate of drug-likeness (QED) is 0.173. The Morgan fingerprint density at radius 3 is 1.69 bits per heavy atom. The summed E-state index contributed by atoms with van der Waals surface area (Å²) in [5, 5.41) is 11.1. The topological polar surface area (TPSA) is 61.7 Å². The number of hydrogen-bond donors (Lipinski definition) is 0. The lowest BCUT2D eigenvalue weighted by atomic mass is 10.0. The first-order valence-electron chi connectivity index (χ1n) is 21.9. The summed E-state index contributed by atoms with van der Waals surface area (Å²) in [6, 6.07) is 74.9. The van der Waals surface area contributed by atoms with Crippen molar-refractivity contribution in [3.63, 3.8) is 0 Å². The van der Waals surface area contributed by atoms with Crippen LogP contribution in [-0.2, 0) is 0 Å². The lowest BCUT2D eigenvalue weighted by Gasteiger charge is -2.17. The molecule has 4 aromatic heterocycles. The number of nitrogens with zero attached hydrogens (tertiary/aromatic N) is 5. The van der Waals surface area contributed by atoms with Crippen LogP contribution in [0.2, 0.25) is 0 Å². The smallest absolute Gasteiger partial charge is 0.166 e. The van der Waals surface area contributed by atoms with Gasteiger partial charge in [-0.2, -0.15) is 0 Å². The van der Waals surface area contributed by atoms with E-state index < -0.39 is 0 Å². The molecule has 4 heterocycles. The normalized spacial score (nSPS) is 12.0. The molecule has 0 aliphatic rings. The van der Waals surface area contributed by atoms with Crippen LogP contribution in [0.5, 0.6) is 0 Å². The van der Waals surface area contributed by atoms with Crippen molar-refractivity contribution >= 4 is 87.1 Å². The van der Waals surface area contributed by atoms with Crippen molar-refractivity contribution in [1.82, 2.24) is 24.1 Å². The van der Waals surface area contributed by atoms with Crippen LogP contribution in [-0.4, -0.2) is 24.1 Å². The van der Waals surface area contributed by atoms with E-state index in [1.165, 1.54) is 21.5 Å². The molecule has 0 aliphatic carbocycles. The molecule has 0 amide bonds. The Kier molecular flexibility index (Phi) is 7.59. The zero-order chi connectivity index (χ0) is 42.6. The highest BCUT2D eigenvalue weighted by Crippen LogP contribution is 2.45. The van der Waals surface area contributed by atoms with E-state index in [4.69, 9.17) is 19.4 Å². The Labute approximate surface area is 371 Å². The largest absolute Gasteiger partial charge is 0.456 e. The number of hydrogen-bond acceptors (Lipinski definition) is 4. The SMILES string of the molecule is c1ccc(-n2c3ccccc3c3c(-c4nc(-c5ccc6oc7ccccc7c6c5-n5c6ccccc6c6cc7ccccc7cc65)nc(-c5cccc6ccccc56)n4)cccc32)cc1. The van der Waals surface area contributed by atoms with Gasteiger partial charge in [-0.1, -0.05) is 152 Å². The first kappa shape index (κ1) is 35.7. The van der Waals surface area contributed by atoms with E-state index >= 15 is 0 Å². The van der Waals surface area contributed by atoms with E-state index in [1.807, 2.05) is 12.1 Å². The molecule has 0 bridgehead atoms. The summed E-state index contributed by atoms with van der Waals surface area (Å²) < 4.78 is 11.4. The molecule has 65 heavy (non-hydrogen) atoms. The molecule has 0 aliphatic heterocycles. The van der Waals surface area contributed by atoms with E-state index in [0.29, 0.717) is 17.5 Å². The summed E-state index contributed by atoms with van der Waals surface area (Å²) in [5.74, 6) is 1.76. The van der Waals surface area contributed by atoms with Gasteiger partial charge in [-0.15, -0.1) is 0 Å². The molecule has 0 radical (unpaired) electrons. The zero-order valence-electron chi connectivity index (χ0n) is 34.9. The fourth-order valence-corrected chi connectivity index (χ4v) is 10.3. The van der Waals surface area contributed by atoms with Gasteiger partial charge in [-0.3, -0.25) is 0 Å². The van der Waals surface area contributed by atoms with Crippen molar-refractivity contribution in [3.8, 4) is 45.5 Å². The molecule has 0 N–H and O–H groups in total. The van der Waals surface area contributed by atoms with Gasteiger partial charge in [-0.05, 0) is 82.2 Å². The van der Waals surface area contributed by atoms with Crippen molar-refractivity contribution in [2.24, 2.45) is 0 Å². The molecular weight excluding hydrogens is 795 g/mol. The van der Waals surface area contributed by atoms with Gasteiger partial charge in [0, 0.05) is 49.3 Å². The standard InChI is InChI=1S/C59H35N5O/c1-2-20-39(21-3-1)63-49-29-12-9-24-43(49)54-45(27-15-30-50(54)63)58-60-57(42-26-14-19-36-16-6-7-22-40(36)42)61-59(62-58)46-32-33-53-55(44-25-10-13-31-52(44)65-53)56(46)64-48-28-11-8-23-41(48)47-34-37-17-4-5-18-38(37)35-51(47)64/h1-35H. The van der Waals surface area contributed by atoms with Gasteiger partial charge in [0.05, 0.1) is 33.1 Å². The molecule has 0 unspecified atom stereocenters. The average molecular weight is 830 g/mol. The minimum absolute atomic E-state index is 0.565. The first-order chi connectivity index (χ1) is 32.2. The fourth-order valence-electron chi connectivity index (χ4n) is 10.3. The number of aromatic nitrogens is 5. The van der Waals surface area contributed by atoms with Crippen LogP contribution in [0.4, 0.5) is 0 Å². The van der Waals surface area contributed by atoms with E-state index in [9.17, 15) is 0 Å². The summed E-state index contributed by atoms with van der Waals surface area (Å²) in [4.78, 5) is 16.6. The third kappa shape index (κ3) is 5.31. The predicted octanol–water partition coefficient (Wildman–Crippen LogP) is 15.3. The molecule has 0 saturated heterocycles. The molecule has 10 aromatic carbocycles. The van der Waals surface area contributed by atoms with Crippen molar-refractivity contribution in [1.29, 1.82) is 0 Å². The minimum Gasteiger partial charge on any atom is -0.456 e. The van der Waals surface area contributed by atoms with E-state index in [1.54, 1.807) is 0 Å². The van der Waals surface area contributed by atoms with Gasteiger partial charge in [0.2, 0.25) is 0 Å². The fraction of sp³-hybridized carbons (Fsp3) is 0. The van der Waals surface area contributed by atoms with Crippen LogP contribution in [0.15, 0.2) is 217 Å². The summed E-state index contributed by atoms with van der Waals surface area (Å²) in [7, 11) is 0. The Morgan fingerprint density at radius 2 is 0.877 bits per heavy atom. The van der Waals surface area contributed by atoms with Crippen LogP contribution < -0.4 is 0 Å². The molecule has 0 fully saturated rings. The van der Waals surface area contributed by atoms with E-state index in [-0.39, 0.29) is 0 Å². The molecule has 0 saturated carbocycles. The van der Waals surface area contributed by atoms with Crippen molar-refractivity contribution in [2.75, 3.05) is 0 Å². The summed E-state index contributed by atoms with van der Waals surface area (Å²) in [6.07, 6.45) is 0. The maximum atomic E-state index is 6.67. The second-order valence-corrected chi connectivity index (χ2v) is 16.7. The Bertz CT molecular complexity index is 4250. The zero-order valence-corrected chi connectivity index (χ0v) is 34.9. The van der Waals surface area contributed by atoms with Crippen molar-refractivity contribution in [2.45, 2.75) is 0 Å². The molecule has 302 valence electrons. The monoisotopic (exact) mass is 829 g/mol. The highest BCUT2D eigenvalue weighted by molar-refractivity contribution is 6.19. The Balaban J connectivity index is 1.13. The predicted molar refractivity (Wildman–Crippen MR) is 267 cm³/mol. The third-order valence-corrected chi connectivity index (χ3v) is 13.1. The van der Waals surface area contributed by atoms with E-state index in [2.05, 4.69) is 209 Å². The lowest BCUT2D eigenvalue weighted by molar-refractivity contribution is 0.669. The Morgan fingerprint density at radius 1 is 0.308 bits per heavy atom. The maximum Gasteiger partial charge on any atom is 0.166 e. The first-order valence-corrected chi connectivity index (χ1v) is 21.9. The number of benzene rings is 10. The van der Waals surface area contributed by atoms with Gasteiger partial charge in [0.1, 0.15) is 11.2 Å². The molecule has 14 rings (SSSR count). The lowest BCUT2D eigenvalue weighted by Crippen LogP contribution is -2.04. The molecule has 0 atom stereocenters. The van der Waals surface area contributed by atoms with Crippen molar-refractivity contribution < 1.29 is 4.42 Å². The second-order valence-electron chi connectivity index (χ2n) is 16.7. The van der Waals surface area contributed by atoms with Crippen LogP contribution >= 0.6 is 0 Å². The van der Waals surface area contributed by atoms with Crippen LogP contribution in [0.1, 0.15) is 0 Å². The molecule has 6 heteroatoms. The summed E-state index contributed by atoms with van der Waals surface area (Å²) in [5.41, 5.74) is 10.7. The highest BCUT2D eigenvalue weighted by Gasteiger charge is 2.26.